The Labute approximate surface area is 152 Å². The third kappa shape index (κ3) is 2.52. The predicted molar refractivity (Wildman–Crippen MR) is 99.6 cm³/mol. The molecule has 26 heavy (non-hydrogen) atoms. The lowest BCUT2D eigenvalue weighted by Crippen LogP contribution is -2.45. The highest BCUT2D eigenvalue weighted by Gasteiger charge is 2.49. The molecular formula is C21H21FN3O+. The minimum atomic E-state index is -0.306. The van der Waals surface area contributed by atoms with E-state index in [1.165, 1.54) is 23.3 Å². The normalized spacial score (nSPS) is 26.7. The number of halogens is 1. The third-order valence-corrected chi connectivity index (χ3v) is 5.57. The molecule has 0 aromatic heterocycles. The zero-order chi connectivity index (χ0) is 17.6. The standard InChI is InChI=1S/C21H21FN3O/c22-17-7-5-16(6-8-17)19-18-4-2-1-3-15(18)9-12-25(19)20-24-14-21(26-20)10-11-23-13-21/h1-8,14,19,23H,9-13H2/q+1/t19-,21-/m0/s1. The van der Waals surface area contributed by atoms with E-state index in [4.69, 9.17) is 4.74 Å². The molecule has 5 heteroatoms. The maximum absolute atomic E-state index is 13.5. The SMILES string of the molecule is Fc1ccc([C@H]2c3ccccc3CCN2C2=[N+]=C[C@@]3(CCNC3)O2)cc1. The van der Waals surface area contributed by atoms with Gasteiger partial charge in [0.25, 0.3) is 0 Å². The summed E-state index contributed by atoms with van der Waals surface area (Å²) < 4.78 is 24.4. The van der Waals surface area contributed by atoms with E-state index in [1.807, 2.05) is 18.3 Å². The Kier molecular flexibility index (Phi) is 3.59. The first-order valence-corrected chi connectivity index (χ1v) is 9.16. The fourth-order valence-corrected chi connectivity index (χ4v) is 4.20. The van der Waals surface area contributed by atoms with Gasteiger partial charge >= 0.3 is 6.02 Å². The van der Waals surface area contributed by atoms with Crippen LogP contribution in [0.25, 0.3) is 0 Å². The van der Waals surface area contributed by atoms with E-state index in [0.29, 0.717) is 6.02 Å². The van der Waals surface area contributed by atoms with Crippen molar-refractivity contribution in [2.24, 2.45) is 0 Å². The molecule has 4 nitrogen and oxygen atoms in total. The van der Waals surface area contributed by atoms with Crippen molar-refractivity contribution in [3.8, 4) is 0 Å². The van der Waals surface area contributed by atoms with Gasteiger partial charge in [0, 0.05) is 30.5 Å². The molecule has 1 saturated heterocycles. The number of ether oxygens (including phenoxy) is 1. The Morgan fingerprint density at radius 2 is 2.00 bits per heavy atom. The second-order valence-electron chi connectivity index (χ2n) is 7.23. The van der Waals surface area contributed by atoms with Gasteiger partial charge in [-0.3, -0.25) is 0 Å². The molecule has 2 aromatic rings. The molecule has 1 N–H and O–H groups in total. The van der Waals surface area contributed by atoms with Crippen LogP contribution in [0.15, 0.2) is 48.5 Å². The molecule has 2 atom stereocenters. The molecular weight excluding hydrogens is 329 g/mol. The van der Waals surface area contributed by atoms with Crippen molar-refractivity contribution < 1.29 is 9.13 Å². The van der Waals surface area contributed by atoms with E-state index in [2.05, 4.69) is 39.2 Å². The second-order valence-corrected chi connectivity index (χ2v) is 7.23. The number of amidine groups is 1. The van der Waals surface area contributed by atoms with Crippen molar-refractivity contribution in [3.63, 3.8) is 0 Å². The first kappa shape index (κ1) is 15.6. The summed E-state index contributed by atoms with van der Waals surface area (Å²) in [4.78, 5) is 2.22. The molecule has 0 bridgehead atoms. The Bertz CT molecular complexity index is 896. The highest BCUT2D eigenvalue weighted by atomic mass is 19.1. The van der Waals surface area contributed by atoms with Crippen molar-refractivity contribution in [2.75, 3.05) is 19.6 Å². The van der Waals surface area contributed by atoms with Gasteiger partial charge < -0.3 is 10.1 Å². The van der Waals surface area contributed by atoms with Gasteiger partial charge in [-0.25, -0.2) is 9.29 Å². The number of nitrogens with zero attached hydrogens (tertiary/aromatic N) is 2. The van der Waals surface area contributed by atoms with Crippen LogP contribution in [-0.2, 0) is 11.2 Å². The van der Waals surface area contributed by atoms with Crippen LogP contribution < -0.4 is 9.98 Å². The smallest absolute Gasteiger partial charge is 0.401 e. The summed E-state index contributed by atoms with van der Waals surface area (Å²) in [5.74, 6) is -0.219. The van der Waals surface area contributed by atoms with Crippen molar-refractivity contribution >= 4 is 12.2 Å². The van der Waals surface area contributed by atoms with Crippen molar-refractivity contribution in [3.05, 3.63) is 71.0 Å². The molecule has 132 valence electrons. The lowest BCUT2D eigenvalue weighted by Gasteiger charge is -2.32. The van der Waals surface area contributed by atoms with E-state index in [-0.39, 0.29) is 17.5 Å². The van der Waals surface area contributed by atoms with Crippen molar-refractivity contribution in [1.82, 2.24) is 14.9 Å². The Morgan fingerprint density at radius 1 is 1.15 bits per heavy atom. The molecule has 0 saturated carbocycles. The van der Waals surface area contributed by atoms with E-state index in [0.717, 1.165) is 38.0 Å². The van der Waals surface area contributed by atoms with Crippen LogP contribution in [0.4, 0.5) is 4.39 Å². The zero-order valence-corrected chi connectivity index (χ0v) is 14.5. The quantitative estimate of drug-likeness (QED) is 0.800. The summed E-state index contributed by atoms with van der Waals surface area (Å²) in [6.07, 6.45) is 3.83. The van der Waals surface area contributed by atoms with Gasteiger partial charge in [-0.2, -0.15) is 4.67 Å². The Hall–Kier alpha value is -2.62. The lowest BCUT2D eigenvalue weighted by atomic mass is 9.88. The Morgan fingerprint density at radius 3 is 2.81 bits per heavy atom. The molecule has 2 aromatic carbocycles. The molecule has 0 unspecified atom stereocenters. The molecule has 1 fully saturated rings. The molecule has 3 heterocycles. The minimum absolute atomic E-state index is 0.0165. The van der Waals surface area contributed by atoms with Gasteiger partial charge in [-0.1, -0.05) is 36.4 Å². The van der Waals surface area contributed by atoms with Crippen molar-refractivity contribution in [1.29, 1.82) is 0 Å². The van der Waals surface area contributed by atoms with Gasteiger partial charge in [0.1, 0.15) is 5.82 Å². The van der Waals surface area contributed by atoms with E-state index in [9.17, 15) is 4.39 Å². The zero-order valence-electron chi connectivity index (χ0n) is 14.5. The predicted octanol–water partition coefficient (Wildman–Crippen LogP) is 2.03. The summed E-state index contributed by atoms with van der Waals surface area (Å²) in [5, 5.41) is 3.35. The lowest BCUT2D eigenvalue weighted by molar-refractivity contribution is 0.119. The number of nitrogens with one attached hydrogen (secondary N) is 1. The molecule has 1 spiro atoms. The number of hydrogen-bond donors (Lipinski definition) is 1. The van der Waals surface area contributed by atoms with E-state index >= 15 is 0 Å². The van der Waals surface area contributed by atoms with E-state index in [1.54, 1.807) is 0 Å². The monoisotopic (exact) mass is 350 g/mol. The van der Waals surface area contributed by atoms with Crippen molar-refractivity contribution in [2.45, 2.75) is 24.5 Å². The van der Waals surface area contributed by atoms with Gasteiger partial charge in [0.05, 0.1) is 6.54 Å². The summed E-state index contributed by atoms with van der Waals surface area (Å²) in [6, 6.07) is 15.9. The highest BCUT2D eigenvalue weighted by molar-refractivity contribution is 5.88. The molecule has 0 radical (unpaired) electrons. The summed E-state index contributed by atoms with van der Waals surface area (Å²) in [6.45, 7) is 2.57. The molecule has 0 amide bonds. The van der Waals surface area contributed by atoms with Crippen LogP contribution in [0.5, 0.6) is 0 Å². The van der Waals surface area contributed by atoms with Crippen LogP contribution in [0.2, 0.25) is 0 Å². The fraction of sp³-hybridized carbons (Fsp3) is 0.333. The number of hydrogen-bond acceptors (Lipinski definition) is 3. The third-order valence-electron chi connectivity index (χ3n) is 5.57. The number of rotatable bonds is 1. The fourth-order valence-electron chi connectivity index (χ4n) is 4.20. The van der Waals surface area contributed by atoms with Gasteiger partial charge in [0.15, 0.2) is 6.04 Å². The average molecular weight is 350 g/mol. The maximum atomic E-state index is 13.5. The van der Waals surface area contributed by atoms with Gasteiger partial charge in [-0.15, -0.1) is 0 Å². The summed E-state index contributed by atoms with van der Waals surface area (Å²) >= 11 is 0. The first-order chi connectivity index (χ1) is 12.7. The molecule has 0 aliphatic carbocycles. The number of benzene rings is 2. The summed E-state index contributed by atoms with van der Waals surface area (Å²) in [7, 11) is 0. The highest BCUT2D eigenvalue weighted by Crippen LogP contribution is 2.36. The van der Waals surface area contributed by atoms with Crippen LogP contribution in [0.1, 0.15) is 29.2 Å². The minimum Gasteiger partial charge on any atom is -0.401 e. The van der Waals surface area contributed by atoms with Crippen LogP contribution in [0.3, 0.4) is 0 Å². The molecule has 3 aliphatic heterocycles. The Balaban J connectivity index is 1.54. The first-order valence-electron chi connectivity index (χ1n) is 9.16. The van der Waals surface area contributed by atoms with Crippen LogP contribution in [-0.4, -0.2) is 42.4 Å². The molecule has 3 aliphatic rings. The maximum Gasteiger partial charge on any atom is 0.551 e. The van der Waals surface area contributed by atoms with Crippen LogP contribution >= 0.6 is 0 Å². The average Bonchev–Trinajstić information content (AvgIpc) is 3.32. The molecule has 5 rings (SSSR count). The van der Waals surface area contributed by atoms with E-state index < -0.39 is 0 Å². The second kappa shape index (κ2) is 5.97. The van der Waals surface area contributed by atoms with Gasteiger partial charge in [0.2, 0.25) is 11.8 Å². The number of fused-ring (bicyclic) bond motifs is 1. The summed E-state index contributed by atoms with van der Waals surface area (Å²) in [5.41, 5.74) is 3.31. The largest absolute Gasteiger partial charge is 0.551 e. The topological polar surface area (TPSA) is 38.6 Å². The van der Waals surface area contributed by atoms with Crippen LogP contribution in [0, 0.1) is 5.82 Å². The van der Waals surface area contributed by atoms with Gasteiger partial charge in [-0.05, 0) is 24.2 Å².